The van der Waals surface area contributed by atoms with Crippen LogP contribution < -0.4 is 5.73 Å². The van der Waals surface area contributed by atoms with E-state index in [1.807, 2.05) is 0 Å². The average Bonchev–Trinajstić information content (AvgIpc) is 1.75. The van der Waals surface area contributed by atoms with Gasteiger partial charge < -0.3 is 5.73 Å². The van der Waals surface area contributed by atoms with Gasteiger partial charge >= 0.3 is 0 Å². The summed E-state index contributed by atoms with van der Waals surface area (Å²) in [6.45, 7) is 4.42. The minimum atomic E-state index is 0. The largest absolute Gasteiger partial charge is 0.333 e. The molecule has 1 nitrogen and oxygen atoms in total. The van der Waals surface area contributed by atoms with Gasteiger partial charge in [0.15, 0.2) is 0 Å². The molecule has 0 heterocycles. The Kier molecular flexibility index (Phi) is 24.0. The highest BCUT2D eigenvalue weighted by Crippen LogP contribution is 1.88. The van der Waals surface area contributed by atoms with Crippen molar-refractivity contribution >= 4 is 0 Å². The van der Waals surface area contributed by atoms with Gasteiger partial charge in [-0.15, -0.1) is 0 Å². The van der Waals surface area contributed by atoms with Crippen molar-refractivity contribution in [3.63, 3.8) is 0 Å². The van der Waals surface area contributed by atoms with Crippen LogP contribution in [0.5, 0.6) is 0 Å². The van der Waals surface area contributed by atoms with Crippen molar-refractivity contribution in [1.29, 1.82) is 0 Å². The zero-order valence-corrected chi connectivity index (χ0v) is 5.70. The summed E-state index contributed by atoms with van der Waals surface area (Å²) in [6.07, 6.45) is 4.08. The minimum Gasteiger partial charge on any atom is -0.333 e. The van der Waals surface area contributed by atoms with Gasteiger partial charge in [0.2, 0.25) is 0 Å². The van der Waals surface area contributed by atoms with Crippen molar-refractivity contribution in [1.82, 2.24) is 0 Å². The summed E-state index contributed by atoms with van der Waals surface area (Å²) in [5, 5.41) is 0. The lowest BCUT2D eigenvalue weighted by atomic mass is 10.3. The molecule has 0 aliphatic rings. The normalized spacial score (nSPS) is 6.86. The number of rotatable bonds is 2. The van der Waals surface area contributed by atoms with Crippen molar-refractivity contribution in [3.8, 4) is 0 Å². The number of unbranched alkanes of at least 4 members (excludes halogenated alkanes) is 2. The van der Waals surface area contributed by atoms with Gasteiger partial charge in [0, 0.05) is 1.43 Å². The molecule has 1 heteroatoms. The highest BCUT2D eigenvalue weighted by atomic mass is 14.4. The predicted molar refractivity (Wildman–Crippen MR) is 37.4 cm³/mol. The molecule has 0 aromatic heterocycles. The maximum atomic E-state index is 4.50. The van der Waals surface area contributed by atoms with E-state index in [9.17, 15) is 0 Å². The van der Waals surface area contributed by atoms with Crippen molar-refractivity contribution in [2.24, 2.45) is 5.73 Å². The fourth-order valence-corrected chi connectivity index (χ4v) is 0.354. The summed E-state index contributed by atoms with van der Waals surface area (Å²) in [7, 11) is 1.50. The van der Waals surface area contributed by atoms with Crippen LogP contribution in [0.15, 0.2) is 0 Å². The Labute approximate surface area is 48.4 Å². The first-order chi connectivity index (χ1) is 3.41. The third-order valence-electron chi connectivity index (χ3n) is 0.707. The van der Waals surface area contributed by atoms with E-state index in [0.29, 0.717) is 0 Å². The second kappa shape index (κ2) is 16.7. The first kappa shape index (κ1) is 10.0. The summed E-state index contributed by atoms with van der Waals surface area (Å²) in [5.41, 5.74) is 4.50. The summed E-state index contributed by atoms with van der Waals surface area (Å²) < 4.78 is 0. The van der Waals surface area contributed by atoms with E-state index >= 15 is 0 Å². The molecule has 0 aromatic rings. The SMILES string of the molecule is CCCCC.CN.[HH]. The monoisotopic (exact) mass is 105 g/mol. The molecule has 0 aliphatic heterocycles. The van der Waals surface area contributed by atoms with Gasteiger partial charge in [-0.05, 0) is 7.05 Å². The number of hydrogen-bond donors (Lipinski definition) is 1. The summed E-state index contributed by atoms with van der Waals surface area (Å²) in [4.78, 5) is 0. The Morgan fingerprint density at radius 1 is 1.14 bits per heavy atom. The first-order valence-electron chi connectivity index (χ1n) is 2.99. The molecule has 0 aliphatic carbocycles. The third kappa shape index (κ3) is 24.3. The van der Waals surface area contributed by atoms with Gasteiger partial charge in [-0.2, -0.15) is 0 Å². The second-order valence-electron chi connectivity index (χ2n) is 1.35. The van der Waals surface area contributed by atoms with Crippen molar-refractivity contribution in [3.05, 3.63) is 0 Å². The summed E-state index contributed by atoms with van der Waals surface area (Å²) in [6, 6.07) is 0. The topological polar surface area (TPSA) is 26.0 Å². The van der Waals surface area contributed by atoms with Crippen LogP contribution in [-0.2, 0) is 0 Å². The second-order valence-corrected chi connectivity index (χ2v) is 1.35. The van der Waals surface area contributed by atoms with Crippen molar-refractivity contribution in [2.45, 2.75) is 33.1 Å². The van der Waals surface area contributed by atoms with Gasteiger partial charge in [-0.1, -0.05) is 33.1 Å². The van der Waals surface area contributed by atoms with Gasteiger partial charge in [-0.25, -0.2) is 0 Å². The Hall–Kier alpha value is -0.0400. The smallest absolute Gasteiger partial charge is 0 e. The first-order valence-corrected chi connectivity index (χ1v) is 2.99. The van der Waals surface area contributed by atoms with Crippen LogP contribution in [0, 0.1) is 0 Å². The molecule has 0 atom stereocenters. The average molecular weight is 105 g/mol. The van der Waals surface area contributed by atoms with Crippen LogP contribution in [0.4, 0.5) is 0 Å². The van der Waals surface area contributed by atoms with Crippen LogP contribution in [-0.4, -0.2) is 7.05 Å². The van der Waals surface area contributed by atoms with Gasteiger partial charge in [0.25, 0.3) is 0 Å². The molecule has 0 saturated heterocycles. The van der Waals surface area contributed by atoms with E-state index in [2.05, 4.69) is 19.6 Å². The number of nitrogens with two attached hydrogens (primary N) is 1. The molecule has 0 fully saturated rings. The van der Waals surface area contributed by atoms with E-state index in [4.69, 9.17) is 0 Å². The Balaban J connectivity index is -0.0000000750. The van der Waals surface area contributed by atoms with Gasteiger partial charge in [0.1, 0.15) is 0 Å². The van der Waals surface area contributed by atoms with Gasteiger partial charge in [-0.3, -0.25) is 0 Å². The van der Waals surface area contributed by atoms with E-state index in [1.54, 1.807) is 0 Å². The van der Waals surface area contributed by atoms with Crippen molar-refractivity contribution < 1.29 is 1.43 Å². The molecule has 0 rings (SSSR count). The Morgan fingerprint density at radius 3 is 1.43 bits per heavy atom. The minimum absolute atomic E-state index is 0. The number of hydrogen-bond acceptors (Lipinski definition) is 1. The Morgan fingerprint density at radius 2 is 1.43 bits per heavy atom. The molecule has 0 bridgehead atoms. The molecule has 7 heavy (non-hydrogen) atoms. The quantitative estimate of drug-likeness (QED) is 0.571. The molecule has 0 unspecified atom stereocenters. The highest BCUT2D eigenvalue weighted by molar-refractivity contribution is 4.24. The van der Waals surface area contributed by atoms with Crippen LogP contribution in [0.25, 0.3) is 0 Å². The van der Waals surface area contributed by atoms with Crippen LogP contribution in [0.3, 0.4) is 0 Å². The summed E-state index contributed by atoms with van der Waals surface area (Å²) in [5.74, 6) is 0. The molecule has 0 spiro atoms. The van der Waals surface area contributed by atoms with Gasteiger partial charge in [0.05, 0.1) is 0 Å². The maximum Gasteiger partial charge on any atom is 0 e. The third-order valence-corrected chi connectivity index (χ3v) is 0.707. The molecule has 48 valence electrons. The van der Waals surface area contributed by atoms with Crippen LogP contribution >= 0.6 is 0 Å². The lowest BCUT2D eigenvalue weighted by Gasteiger charge is -1.79. The predicted octanol–water partition coefficient (Wildman–Crippen LogP) is 2.02. The zero-order valence-electron chi connectivity index (χ0n) is 5.70. The van der Waals surface area contributed by atoms with Crippen LogP contribution in [0.2, 0.25) is 0 Å². The van der Waals surface area contributed by atoms with Crippen molar-refractivity contribution in [2.75, 3.05) is 7.05 Å². The van der Waals surface area contributed by atoms with E-state index in [1.165, 1.54) is 26.3 Å². The lowest BCUT2D eigenvalue weighted by molar-refractivity contribution is 0.772. The highest BCUT2D eigenvalue weighted by Gasteiger charge is 1.68. The molecule has 0 radical (unpaired) electrons. The maximum absolute atomic E-state index is 4.50. The van der Waals surface area contributed by atoms with E-state index in [0.717, 1.165) is 0 Å². The van der Waals surface area contributed by atoms with E-state index < -0.39 is 0 Å². The molecular weight excluding hydrogens is 86.1 g/mol. The zero-order chi connectivity index (χ0) is 6.12. The van der Waals surface area contributed by atoms with E-state index in [-0.39, 0.29) is 1.43 Å². The summed E-state index contributed by atoms with van der Waals surface area (Å²) >= 11 is 0. The molecular formula is C6H19N. The molecule has 0 aromatic carbocycles. The molecule has 0 amide bonds. The van der Waals surface area contributed by atoms with Crippen LogP contribution in [0.1, 0.15) is 34.5 Å². The standard InChI is InChI=1S/C5H12.CH5N.H2/c1-3-5-4-2;1-2;/h3-5H2,1-2H3;2H2,1H3;1H. The Bertz CT molecular complexity index is 16.0. The molecule has 2 N–H and O–H groups in total. The fraction of sp³-hybridized carbons (Fsp3) is 1.00. The fourth-order valence-electron chi connectivity index (χ4n) is 0.354. The lowest BCUT2D eigenvalue weighted by Crippen LogP contribution is -1.69. The molecule has 0 saturated carbocycles.